The maximum absolute atomic E-state index is 8.74. The quantitative estimate of drug-likeness (QED) is 0.433. The van der Waals surface area contributed by atoms with Crippen LogP contribution in [-0.2, 0) is 0 Å². The van der Waals surface area contributed by atoms with Gasteiger partial charge in [-0.05, 0) is 18.8 Å². The molecule has 0 unspecified atom stereocenters. The van der Waals surface area contributed by atoms with E-state index in [1.807, 2.05) is 24.3 Å². The SMILES string of the molecule is N#C/C=C/[C@@H]1CCC=C[C@@H]1C#N. The summed E-state index contributed by atoms with van der Waals surface area (Å²) < 4.78 is 0. The molecule has 12 heavy (non-hydrogen) atoms. The Morgan fingerprint density at radius 3 is 2.92 bits per heavy atom. The van der Waals surface area contributed by atoms with Gasteiger partial charge in [0.1, 0.15) is 0 Å². The monoisotopic (exact) mass is 158 g/mol. The number of nitrogens with zero attached hydrogens (tertiary/aromatic N) is 2. The lowest BCUT2D eigenvalue weighted by Crippen LogP contribution is -2.11. The van der Waals surface area contributed by atoms with E-state index in [4.69, 9.17) is 10.5 Å². The second kappa shape index (κ2) is 4.36. The first kappa shape index (κ1) is 8.56. The minimum Gasteiger partial charge on any atom is -0.198 e. The fourth-order valence-corrected chi connectivity index (χ4v) is 1.38. The summed E-state index contributed by atoms with van der Waals surface area (Å²) in [5.41, 5.74) is 0. The van der Waals surface area contributed by atoms with Crippen molar-refractivity contribution in [2.45, 2.75) is 12.8 Å². The number of hydrogen-bond donors (Lipinski definition) is 0. The van der Waals surface area contributed by atoms with Crippen LogP contribution in [0.4, 0.5) is 0 Å². The van der Waals surface area contributed by atoms with Crippen molar-refractivity contribution in [1.29, 1.82) is 10.5 Å². The van der Waals surface area contributed by atoms with Crippen LogP contribution >= 0.6 is 0 Å². The van der Waals surface area contributed by atoms with Crippen LogP contribution in [0, 0.1) is 34.5 Å². The summed E-state index contributed by atoms with van der Waals surface area (Å²) in [7, 11) is 0. The Labute approximate surface area is 72.4 Å². The molecule has 0 radical (unpaired) electrons. The Balaban J connectivity index is 2.65. The molecule has 60 valence electrons. The molecule has 0 aliphatic heterocycles. The molecule has 1 aliphatic carbocycles. The minimum atomic E-state index is -0.0386. The average molecular weight is 158 g/mol. The van der Waals surface area contributed by atoms with Crippen molar-refractivity contribution >= 4 is 0 Å². The molecule has 0 heterocycles. The van der Waals surface area contributed by atoms with Gasteiger partial charge in [0.05, 0.1) is 18.1 Å². The molecule has 0 amide bonds. The molecule has 0 aromatic carbocycles. The van der Waals surface area contributed by atoms with Crippen LogP contribution < -0.4 is 0 Å². The zero-order valence-electron chi connectivity index (χ0n) is 6.77. The van der Waals surface area contributed by atoms with Gasteiger partial charge in [-0.1, -0.05) is 18.2 Å². The van der Waals surface area contributed by atoms with Crippen LogP contribution in [0.15, 0.2) is 24.3 Å². The number of allylic oxidation sites excluding steroid dienone is 4. The van der Waals surface area contributed by atoms with E-state index in [0.717, 1.165) is 12.8 Å². The van der Waals surface area contributed by atoms with Gasteiger partial charge >= 0.3 is 0 Å². The lowest BCUT2D eigenvalue weighted by atomic mass is 9.85. The van der Waals surface area contributed by atoms with E-state index in [-0.39, 0.29) is 11.8 Å². The Morgan fingerprint density at radius 2 is 2.25 bits per heavy atom. The number of nitriles is 2. The highest BCUT2D eigenvalue weighted by molar-refractivity contribution is 5.14. The fourth-order valence-electron chi connectivity index (χ4n) is 1.38. The zero-order valence-corrected chi connectivity index (χ0v) is 6.77. The van der Waals surface area contributed by atoms with Gasteiger partial charge < -0.3 is 0 Å². The number of hydrogen-bond acceptors (Lipinski definition) is 2. The zero-order chi connectivity index (χ0) is 8.81. The molecule has 0 bridgehead atoms. The van der Waals surface area contributed by atoms with Crippen molar-refractivity contribution in [3.8, 4) is 12.1 Å². The van der Waals surface area contributed by atoms with Crippen molar-refractivity contribution < 1.29 is 0 Å². The van der Waals surface area contributed by atoms with E-state index in [2.05, 4.69) is 6.07 Å². The Kier molecular flexibility index (Phi) is 3.11. The van der Waals surface area contributed by atoms with Crippen molar-refractivity contribution in [3.05, 3.63) is 24.3 Å². The summed E-state index contributed by atoms with van der Waals surface area (Å²) in [6.07, 6.45) is 9.25. The maximum atomic E-state index is 8.74. The predicted molar refractivity (Wildman–Crippen MR) is 45.7 cm³/mol. The lowest BCUT2D eigenvalue weighted by Gasteiger charge is -2.18. The molecule has 0 N–H and O–H groups in total. The maximum Gasteiger partial charge on any atom is 0.0908 e. The van der Waals surface area contributed by atoms with Crippen LogP contribution in [0.2, 0.25) is 0 Å². The molecule has 1 rings (SSSR count). The Hall–Kier alpha value is -1.54. The molecular formula is C10H10N2. The van der Waals surface area contributed by atoms with E-state index >= 15 is 0 Å². The van der Waals surface area contributed by atoms with Crippen LogP contribution in [0.5, 0.6) is 0 Å². The van der Waals surface area contributed by atoms with E-state index < -0.39 is 0 Å². The summed E-state index contributed by atoms with van der Waals surface area (Å²) in [5, 5.41) is 17.1. The van der Waals surface area contributed by atoms with Crippen LogP contribution in [0.3, 0.4) is 0 Å². The predicted octanol–water partition coefficient (Wildman–Crippen LogP) is 2.17. The number of rotatable bonds is 1. The largest absolute Gasteiger partial charge is 0.198 e. The van der Waals surface area contributed by atoms with Crippen molar-refractivity contribution in [2.24, 2.45) is 11.8 Å². The molecule has 0 aromatic rings. The third-order valence-corrected chi connectivity index (χ3v) is 2.04. The molecule has 0 saturated carbocycles. The lowest BCUT2D eigenvalue weighted by molar-refractivity contribution is 0.504. The van der Waals surface area contributed by atoms with Crippen LogP contribution in [-0.4, -0.2) is 0 Å². The highest BCUT2D eigenvalue weighted by atomic mass is 14.3. The first-order chi connectivity index (χ1) is 5.88. The highest BCUT2D eigenvalue weighted by Crippen LogP contribution is 2.24. The molecule has 0 fully saturated rings. The molecular weight excluding hydrogens is 148 g/mol. The van der Waals surface area contributed by atoms with Gasteiger partial charge in [0, 0.05) is 6.08 Å². The second-order valence-corrected chi connectivity index (χ2v) is 2.81. The summed E-state index contributed by atoms with van der Waals surface area (Å²) in [5.74, 6) is 0.197. The van der Waals surface area contributed by atoms with E-state index in [1.54, 1.807) is 0 Å². The second-order valence-electron chi connectivity index (χ2n) is 2.81. The summed E-state index contributed by atoms with van der Waals surface area (Å²) in [4.78, 5) is 0. The summed E-state index contributed by atoms with van der Waals surface area (Å²) in [6, 6.07) is 4.16. The fraction of sp³-hybridized carbons (Fsp3) is 0.400. The standard InChI is InChI=1S/C10H10N2/c11-7-3-6-9-4-1-2-5-10(9)8-12/h2-3,5-6,9-10H,1,4H2/b6-3+/t9-,10+/m0/s1. The van der Waals surface area contributed by atoms with Crippen molar-refractivity contribution in [2.75, 3.05) is 0 Å². The molecule has 2 heteroatoms. The minimum absolute atomic E-state index is 0.0386. The Morgan fingerprint density at radius 1 is 1.42 bits per heavy atom. The third-order valence-electron chi connectivity index (χ3n) is 2.04. The molecule has 0 spiro atoms. The van der Waals surface area contributed by atoms with Gasteiger partial charge in [-0.15, -0.1) is 0 Å². The van der Waals surface area contributed by atoms with Gasteiger partial charge in [-0.2, -0.15) is 10.5 Å². The summed E-state index contributed by atoms with van der Waals surface area (Å²) >= 11 is 0. The van der Waals surface area contributed by atoms with Gasteiger partial charge in [0.2, 0.25) is 0 Å². The molecule has 2 atom stereocenters. The third kappa shape index (κ3) is 1.97. The van der Waals surface area contributed by atoms with Gasteiger partial charge in [0.15, 0.2) is 0 Å². The topological polar surface area (TPSA) is 47.6 Å². The first-order valence-corrected chi connectivity index (χ1v) is 4.01. The smallest absolute Gasteiger partial charge is 0.0908 e. The van der Waals surface area contributed by atoms with Gasteiger partial charge in [-0.25, -0.2) is 0 Å². The molecule has 0 aromatic heterocycles. The van der Waals surface area contributed by atoms with Crippen LogP contribution in [0.25, 0.3) is 0 Å². The normalized spacial score (nSPS) is 28.2. The van der Waals surface area contributed by atoms with Gasteiger partial charge in [0.25, 0.3) is 0 Å². The van der Waals surface area contributed by atoms with Crippen molar-refractivity contribution in [3.63, 3.8) is 0 Å². The summed E-state index contributed by atoms with van der Waals surface area (Å²) in [6.45, 7) is 0. The van der Waals surface area contributed by atoms with E-state index in [9.17, 15) is 0 Å². The molecule has 2 nitrogen and oxygen atoms in total. The average Bonchev–Trinajstić information content (AvgIpc) is 2.15. The van der Waals surface area contributed by atoms with Crippen molar-refractivity contribution in [1.82, 2.24) is 0 Å². The Bertz CT molecular complexity index is 275. The molecule has 1 aliphatic rings. The molecule has 0 saturated heterocycles. The first-order valence-electron chi connectivity index (χ1n) is 4.01. The van der Waals surface area contributed by atoms with E-state index in [1.165, 1.54) is 6.08 Å². The van der Waals surface area contributed by atoms with Crippen LogP contribution in [0.1, 0.15) is 12.8 Å². The highest BCUT2D eigenvalue weighted by Gasteiger charge is 2.17. The van der Waals surface area contributed by atoms with E-state index in [0.29, 0.717) is 0 Å². The van der Waals surface area contributed by atoms with Gasteiger partial charge in [-0.3, -0.25) is 0 Å².